The smallest absolute Gasteiger partial charge is 0.326 e. The summed E-state index contributed by atoms with van der Waals surface area (Å²) in [6, 6.07) is -1.14. The van der Waals surface area contributed by atoms with Crippen LogP contribution < -0.4 is 5.32 Å². The zero-order valence-electron chi connectivity index (χ0n) is 10.1. The van der Waals surface area contributed by atoms with Crippen LogP contribution in [0.1, 0.15) is 19.8 Å². The van der Waals surface area contributed by atoms with Crippen molar-refractivity contribution in [3.05, 3.63) is 12.4 Å². The molecule has 18 heavy (non-hydrogen) atoms. The van der Waals surface area contributed by atoms with Gasteiger partial charge < -0.3 is 15.3 Å². The number of hydrogen-bond donors (Lipinski definition) is 3. The van der Waals surface area contributed by atoms with E-state index in [9.17, 15) is 9.59 Å². The third-order valence-corrected chi connectivity index (χ3v) is 3.16. The van der Waals surface area contributed by atoms with Crippen LogP contribution in [-0.4, -0.2) is 44.8 Å². The molecule has 0 bridgehead atoms. The van der Waals surface area contributed by atoms with Crippen LogP contribution in [0.5, 0.6) is 0 Å². The maximum absolute atomic E-state index is 12.0. The number of hydrogen-bond acceptors (Lipinski definition) is 3. The summed E-state index contributed by atoms with van der Waals surface area (Å²) in [6.07, 6.45) is 4.33. The molecule has 7 nitrogen and oxygen atoms in total. The molecule has 1 fully saturated rings. The third-order valence-electron chi connectivity index (χ3n) is 3.16. The summed E-state index contributed by atoms with van der Waals surface area (Å²) in [5.41, 5.74) is 0.530. The van der Waals surface area contributed by atoms with Crippen LogP contribution in [0.3, 0.4) is 0 Å². The Kier molecular flexibility index (Phi) is 3.50. The van der Waals surface area contributed by atoms with Gasteiger partial charge in [-0.15, -0.1) is 0 Å². The maximum atomic E-state index is 12.0. The fourth-order valence-corrected chi connectivity index (χ4v) is 2.13. The van der Waals surface area contributed by atoms with E-state index >= 15 is 0 Å². The summed E-state index contributed by atoms with van der Waals surface area (Å²) in [6.45, 7) is 2.46. The van der Waals surface area contributed by atoms with Gasteiger partial charge in [-0.2, -0.15) is 5.10 Å². The molecule has 1 saturated heterocycles. The number of amides is 2. The molecule has 0 saturated carbocycles. The summed E-state index contributed by atoms with van der Waals surface area (Å²) in [7, 11) is 0. The number of anilines is 1. The molecule has 2 heterocycles. The predicted molar refractivity (Wildman–Crippen MR) is 64.1 cm³/mol. The number of rotatable bonds is 2. The van der Waals surface area contributed by atoms with Gasteiger partial charge in [-0.3, -0.25) is 5.10 Å². The van der Waals surface area contributed by atoms with E-state index in [0.717, 1.165) is 6.42 Å². The molecule has 0 spiro atoms. The minimum Gasteiger partial charge on any atom is -0.480 e. The van der Waals surface area contributed by atoms with Crippen LogP contribution in [0, 0.1) is 5.92 Å². The lowest BCUT2D eigenvalue weighted by molar-refractivity contribution is -0.143. The Bertz CT molecular complexity index is 432. The second-order valence-electron chi connectivity index (χ2n) is 4.59. The highest BCUT2D eigenvalue weighted by Gasteiger charge is 2.34. The molecule has 98 valence electrons. The molecule has 2 amide bonds. The van der Waals surface area contributed by atoms with Crippen molar-refractivity contribution in [2.75, 3.05) is 11.9 Å². The minimum absolute atomic E-state index is 0.323. The zero-order valence-corrected chi connectivity index (χ0v) is 10.1. The topological polar surface area (TPSA) is 98.3 Å². The average Bonchev–Trinajstić information content (AvgIpc) is 2.81. The highest BCUT2D eigenvalue weighted by Crippen LogP contribution is 2.23. The van der Waals surface area contributed by atoms with Crippen molar-refractivity contribution in [2.45, 2.75) is 25.8 Å². The average molecular weight is 252 g/mol. The van der Waals surface area contributed by atoms with Gasteiger partial charge in [-0.25, -0.2) is 9.59 Å². The van der Waals surface area contributed by atoms with Gasteiger partial charge in [0.15, 0.2) is 0 Å². The van der Waals surface area contributed by atoms with Gasteiger partial charge in [-0.1, -0.05) is 6.92 Å². The molecule has 1 aromatic rings. The van der Waals surface area contributed by atoms with E-state index < -0.39 is 18.0 Å². The van der Waals surface area contributed by atoms with Crippen LogP contribution in [0.25, 0.3) is 0 Å². The number of aromatic amines is 1. The van der Waals surface area contributed by atoms with Crippen LogP contribution in [-0.2, 0) is 4.79 Å². The molecule has 7 heteroatoms. The maximum Gasteiger partial charge on any atom is 0.326 e. The van der Waals surface area contributed by atoms with Gasteiger partial charge in [0.25, 0.3) is 0 Å². The number of piperidine rings is 1. The fourth-order valence-electron chi connectivity index (χ4n) is 2.13. The summed E-state index contributed by atoms with van der Waals surface area (Å²) in [5.74, 6) is -0.632. The molecule has 1 aliphatic rings. The summed E-state index contributed by atoms with van der Waals surface area (Å²) in [4.78, 5) is 24.5. The number of aromatic nitrogens is 2. The van der Waals surface area contributed by atoms with E-state index in [1.807, 2.05) is 6.92 Å². The number of carbonyl (C=O) groups excluding carboxylic acids is 1. The van der Waals surface area contributed by atoms with Gasteiger partial charge in [0, 0.05) is 12.7 Å². The number of urea groups is 1. The molecular weight excluding hydrogens is 236 g/mol. The number of aliphatic carboxylic acids is 1. The zero-order chi connectivity index (χ0) is 13.1. The van der Waals surface area contributed by atoms with E-state index in [-0.39, 0.29) is 0 Å². The molecule has 1 aliphatic heterocycles. The standard InChI is InChI=1S/C11H16N4O3/c1-7-2-3-15(9(4-7)10(16)17)11(18)14-8-5-12-13-6-8/h5-7,9H,2-4H2,1H3,(H,12,13)(H,14,18)(H,16,17). The SMILES string of the molecule is CC1CCN(C(=O)Nc2cn[nH]c2)C(C(=O)O)C1. The van der Waals surface area contributed by atoms with E-state index in [2.05, 4.69) is 15.5 Å². The molecule has 0 aliphatic carbocycles. The van der Waals surface area contributed by atoms with Gasteiger partial charge in [0.05, 0.1) is 11.9 Å². The Hall–Kier alpha value is -2.05. The van der Waals surface area contributed by atoms with E-state index in [1.165, 1.54) is 11.1 Å². The molecule has 2 atom stereocenters. The molecule has 2 rings (SSSR count). The van der Waals surface area contributed by atoms with Crippen molar-refractivity contribution < 1.29 is 14.7 Å². The number of likely N-dealkylation sites (tertiary alicyclic amines) is 1. The molecule has 0 aromatic carbocycles. The lowest BCUT2D eigenvalue weighted by atomic mass is 9.93. The van der Waals surface area contributed by atoms with Gasteiger partial charge in [-0.05, 0) is 18.8 Å². The number of carboxylic acid groups (broad SMARTS) is 1. The van der Waals surface area contributed by atoms with Crippen LogP contribution in [0.4, 0.5) is 10.5 Å². The predicted octanol–water partition coefficient (Wildman–Crippen LogP) is 1.13. The summed E-state index contributed by atoms with van der Waals surface area (Å²) < 4.78 is 0. The highest BCUT2D eigenvalue weighted by atomic mass is 16.4. The van der Waals surface area contributed by atoms with Crippen molar-refractivity contribution >= 4 is 17.7 Å². The first-order valence-corrected chi connectivity index (χ1v) is 5.87. The Morgan fingerprint density at radius 3 is 3.00 bits per heavy atom. The number of carbonyl (C=O) groups is 2. The van der Waals surface area contributed by atoms with Crippen molar-refractivity contribution in [1.82, 2.24) is 15.1 Å². The molecule has 0 radical (unpaired) electrons. The number of carboxylic acids is 1. The first-order chi connectivity index (χ1) is 8.58. The first kappa shape index (κ1) is 12.4. The second-order valence-corrected chi connectivity index (χ2v) is 4.59. The van der Waals surface area contributed by atoms with Crippen molar-refractivity contribution in [2.24, 2.45) is 5.92 Å². The lowest BCUT2D eigenvalue weighted by Gasteiger charge is -2.35. The Labute approximate surface area is 104 Å². The van der Waals surface area contributed by atoms with E-state index in [4.69, 9.17) is 5.11 Å². The van der Waals surface area contributed by atoms with Gasteiger partial charge >= 0.3 is 12.0 Å². The fraction of sp³-hybridized carbons (Fsp3) is 0.545. The van der Waals surface area contributed by atoms with Gasteiger partial charge in [0.1, 0.15) is 6.04 Å². The largest absolute Gasteiger partial charge is 0.480 e. The monoisotopic (exact) mass is 252 g/mol. The summed E-state index contributed by atoms with van der Waals surface area (Å²) in [5, 5.41) is 18.1. The quantitative estimate of drug-likeness (QED) is 0.734. The van der Waals surface area contributed by atoms with E-state index in [1.54, 1.807) is 6.20 Å². The summed E-state index contributed by atoms with van der Waals surface area (Å²) >= 11 is 0. The van der Waals surface area contributed by atoms with Gasteiger partial charge in [0.2, 0.25) is 0 Å². The van der Waals surface area contributed by atoms with Crippen molar-refractivity contribution in [3.8, 4) is 0 Å². The van der Waals surface area contributed by atoms with Crippen molar-refractivity contribution in [1.29, 1.82) is 0 Å². The Morgan fingerprint density at radius 1 is 1.61 bits per heavy atom. The lowest BCUT2D eigenvalue weighted by Crippen LogP contribution is -2.51. The van der Waals surface area contributed by atoms with Crippen LogP contribution >= 0.6 is 0 Å². The van der Waals surface area contributed by atoms with Crippen LogP contribution in [0.15, 0.2) is 12.4 Å². The van der Waals surface area contributed by atoms with Crippen molar-refractivity contribution in [3.63, 3.8) is 0 Å². The second kappa shape index (κ2) is 5.07. The number of nitrogens with zero attached hydrogens (tertiary/aromatic N) is 2. The minimum atomic E-state index is -0.955. The molecule has 3 N–H and O–H groups in total. The normalized spacial score (nSPS) is 23.7. The first-order valence-electron chi connectivity index (χ1n) is 5.87. The molecule has 1 aromatic heterocycles. The highest BCUT2D eigenvalue weighted by molar-refractivity contribution is 5.92. The third kappa shape index (κ3) is 2.61. The molecule has 2 unspecified atom stereocenters. The van der Waals surface area contributed by atoms with E-state index in [0.29, 0.717) is 24.6 Å². The Morgan fingerprint density at radius 2 is 2.39 bits per heavy atom. The number of nitrogens with one attached hydrogen (secondary N) is 2. The Balaban J connectivity index is 2.05. The van der Waals surface area contributed by atoms with Crippen LogP contribution in [0.2, 0.25) is 0 Å². The molecular formula is C11H16N4O3. The number of H-pyrrole nitrogens is 1.